The van der Waals surface area contributed by atoms with E-state index in [-0.39, 0.29) is 0 Å². The van der Waals surface area contributed by atoms with Gasteiger partial charge in [0.05, 0.1) is 0 Å². The predicted molar refractivity (Wildman–Crippen MR) is 78.5 cm³/mol. The van der Waals surface area contributed by atoms with Crippen LogP contribution in [0.15, 0.2) is 22.7 Å². The molecule has 1 aromatic carbocycles. The van der Waals surface area contributed by atoms with Crippen LogP contribution in [-0.2, 0) is 0 Å². The third-order valence-corrected chi connectivity index (χ3v) is 4.90. The van der Waals surface area contributed by atoms with Gasteiger partial charge in [-0.05, 0) is 49.3 Å². The van der Waals surface area contributed by atoms with Crippen LogP contribution in [0, 0.1) is 18.8 Å². The van der Waals surface area contributed by atoms with E-state index in [2.05, 4.69) is 60.2 Å². The summed E-state index contributed by atoms with van der Waals surface area (Å²) >= 11 is 3.60. The largest absolute Gasteiger partial charge is 0.382 e. The second kappa shape index (κ2) is 5.43. The van der Waals surface area contributed by atoms with Crippen LogP contribution in [0.3, 0.4) is 0 Å². The minimum atomic E-state index is 0.623. The van der Waals surface area contributed by atoms with Gasteiger partial charge in [-0.15, -0.1) is 0 Å². The van der Waals surface area contributed by atoms with Gasteiger partial charge in [-0.2, -0.15) is 0 Å². The van der Waals surface area contributed by atoms with Crippen LogP contribution in [0.1, 0.15) is 38.7 Å². The Bertz CT molecular complexity index is 379. The molecule has 1 saturated carbocycles. The van der Waals surface area contributed by atoms with Gasteiger partial charge in [0, 0.05) is 16.2 Å². The van der Waals surface area contributed by atoms with Gasteiger partial charge in [0.1, 0.15) is 0 Å². The SMILES string of the molecule is Cc1ccc(NC2C(C)CCCC2C)cc1Br. The number of anilines is 1. The molecule has 0 bridgehead atoms. The lowest BCUT2D eigenvalue weighted by Crippen LogP contribution is -2.37. The molecule has 0 saturated heterocycles. The Labute approximate surface area is 113 Å². The van der Waals surface area contributed by atoms with E-state index in [1.54, 1.807) is 0 Å². The average molecular weight is 296 g/mol. The van der Waals surface area contributed by atoms with Crippen molar-refractivity contribution in [3.63, 3.8) is 0 Å². The fourth-order valence-electron chi connectivity index (χ4n) is 2.84. The molecular formula is C15H22BrN. The normalized spacial score (nSPS) is 29.1. The molecule has 0 aliphatic heterocycles. The summed E-state index contributed by atoms with van der Waals surface area (Å²) in [7, 11) is 0. The molecule has 1 aromatic rings. The Morgan fingerprint density at radius 1 is 1.18 bits per heavy atom. The molecule has 94 valence electrons. The molecule has 2 unspecified atom stereocenters. The number of benzene rings is 1. The van der Waals surface area contributed by atoms with Gasteiger partial charge in [0.25, 0.3) is 0 Å². The van der Waals surface area contributed by atoms with Gasteiger partial charge in [0.2, 0.25) is 0 Å². The first kappa shape index (κ1) is 12.9. The summed E-state index contributed by atoms with van der Waals surface area (Å²) in [6.07, 6.45) is 4.10. The van der Waals surface area contributed by atoms with Crippen LogP contribution >= 0.6 is 15.9 Å². The molecule has 0 radical (unpaired) electrons. The second-order valence-electron chi connectivity index (χ2n) is 5.52. The van der Waals surface area contributed by atoms with Gasteiger partial charge in [-0.1, -0.05) is 42.3 Å². The van der Waals surface area contributed by atoms with Crippen molar-refractivity contribution in [3.05, 3.63) is 28.2 Å². The van der Waals surface area contributed by atoms with E-state index in [4.69, 9.17) is 0 Å². The molecule has 1 fully saturated rings. The lowest BCUT2D eigenvalue weighted by atomic mass is 9.78. The van der Waals surface area contributed by atoms with E-state index in [1.165, 1.54) is 35.0 Å². The van der Waals surface area contributed by atoms with Crippen molar-refractivity contribution < 1.29 is 0 Å². The maximum atomic E-state index is 3.72. The van der Waals surface area contributed by atoms with Gasteiger partial charge in [-0.25, -0.2) is 0 Å². The van der Waals surface area contributed by atoms with Crippen molar-refractivity contribution in [1.82, 2.24) is 0 Å². The molecule has 0 aromatic heterocycles. The van der Waals surface area contributed by atoms with E-state index < -0.39 is 0 Å². The molecule has 2 heteroatoms. The third kappa shape index (κ3) is 3.04. The molecule has 1 aliphatic carbocycles. The fraction of sp³-hybridized carbons (Fsp3) is 0.600. The first-order valence-corrected chi connectivity index (χ1v) is 7.40. The van der Waals surface area contributed by atoms with Crippen LogP contribution < -0.4 is 5.32 Å². The highest BCUT2D eigenvalue weighted by atomic mass is 79.9. The Morgan fingerprint density at radius 3 is 2.41 bits per heavy atom. The Kier molecular flexibility index (Phi) is 4.13. The summed E-state index contributed by atoms with van der Waals surface area (Å²) < 4.78 is 1.19. The van der Waals surface area contributed by atoms with E-state index in [9.17, 15) is 0 Å². The molecule has 1 aliphatic rings. The first-order chi connectivity index (χ1) is 8.08. The van der Waals surface area contributed by atoms with Crippen LogP contribution in [0.2, 0.25) is 0 Å². The van der Waals surface area contributed by atoms with Crippen molar-refractivity contribution in [2.45, 2.75) is 46.1 Å². The van der Waals surface area contributed by atoms with Crippen LogP contribution in [0.5, 0.6) is 0 Å². The molecule has 2 atom stereocenters. The smallest absolute Gasteiger partial charge is 0.0354 e. The van der Waals surface area contributed by atoms with E-state index >= 15 is 0 Å². The second-order valence-corrected chi connectivity index (χ2v) is 6.37. The fourth-order valence-corrected chi connectivity index (χ4v) is 3.22. The monoisotopic (exact) mass is 295 g/mol. The average Bonchev–Trinajstić information content (AvgIpc) is 2.28. The van der Waals surface area contributed by atoms with Gasteiger partial charge < -0.3 is 5.32 Å². The van der Waals surface area contributed by atoms with Crippen molar-refractivity contribution in [3.8, 4) is 0 Å². The quantitative estimate of drug-likeness (QED) is 0.810. The minimum Gasteiger partial charge on any atom is -0.382 e. The molecule has 0 amide bonds. The zero-order valence-corrected chi connectivity index (χ0v) is 12.5. The van der Waals surface area contributed by atoms with Crippen molar-refractivity contribution >= 4 is 21.6 Å². The third-order valence-electron chi connectivity index (χ3n) is 4.05. The summed E-state index contributed by atoms with van der Waals surface area (Å²) in [6, 6.07) is 7.18. The molecule has 1 nitrogen and oxygen atoms in total. The number of rotatable bonds is 2. The molecule has 2 rings (SSSR count). The number of nitrogens with one attached hydrogen (secondary N) is 1. The summed E-state index contributed by atoms with van der Waals surface area (Å²) in [5, 5.41) is 3.72. The van der Waals surface area contributed by atoms with Gasteiger partial charge >= 0.3 is 0 Å². The minimum absolute atomic E-state index is 0.623. The van der Waals surface area contributed by atoms with Crippen LogP contribution in [0.25, 0.3) is 0 Å². The predicted octanol–water partition coefficient (Wildman–Crippen LogP) is 4.99. The lowest BCUT2D eigenvalue weighted by molar-refractivity contribution is 0.268. The topological polar surface area (TPSA) is 12.0 Å². The Balaban J connectivity index is 2.10. The summed E-state index contributed by atoms with van der Waals surface area (Å²) in [5.74, 6) is 1.55. The number of hydrogen-bond donors (Lipinski definition) is 1. The molecule has 0 heterocycles. The maximum absolute atomic E-state index is 3.72. The van der Waals surface area contributed by atoms with E-state index in [0.29, 0.717) is 6.04 Å². The standard InChI is InChI=1S/C15H22BrN/c1-10-7-8-13(9-14(10)16)17-15-11(2)5-4-6-12(15)3/h7-9,11-12,15,17H,4-6H2,1-3H3. The van der Waals surface area contributed by atoms with Crippen LogP contribution in [0.4, 0.5) is 5.69 Å². The zero-order chi connectivity index (χ0) is 12.4. The zero-order valence-electron chi connectivity index (χ0n) is 11.0. The highest BCUT2D eigenvalue weighted by molar-refractivity contribution is 9.10. The summed E-state index contributed by atoms with van der Waals surface area (Å²) in [4.78, 5) is 0. The van der Waals surface area contributed by atoms with Crippen molar-refractivity contribution in [1.29, 1.82) is 0 Å². The van der Waals surface area contributed by atoms with Gasteiger partial charge in [-0.3, -0.25) is 0 Å². The number of halogens is 1. The number of aryl methyl sites for hydroxylation is 1. The Hall–Kier alpha value is -0.500. The molecular weight excluding hydrogens is 274 g/mol. The van der Waals surface area contributed by atoms with Crippen molar-refractivity contribution in [2.75, 3.05) is 5.32 Å². The first-order valence-electron chi connectivity index (χ1n) is 6.60. The highest BCUT2D eigenvalue weighted by Gasteiger charge is 2.27. The van der Waals surface area contributed by atoms with Gasteiger partial charge in [0.15, 0.2) is 0 Å². The van der Waals surface area contributed by atoms with E-state index in [0.717, 1.165) is 11.8 Å². The molecule has 1 N–H and O–H groups in total. The molecule has 0 spiro atoms. The lowest BCUT2D eigenvalue weighted by Gasteiger charge is -2.36. The summed E-state index contributed by atoms with van der Waals surface area (Å²) in [5.41, 5.74) is 2.54. The number of hydrogen-bond acceptors (Lipinski definition) is 1. The highest BCUT2D eigenvalue weighted by Crippen LogP contribution is 2.32. The van der Waals surface area contributed by atoms with Crippen molar-refractivity contribution in [2.24, 2.45) is 11.8 Å². The molecule has 17 heavy (non-hydrogen) atoms. The van der Waals surface area contributed by atoms with E-state index in [1.807, 2.05) is 0 Å². The Morgan fingerprint density at radius 2 is 1.82 bits per heavy atom. The van der Waals surface area contributed by atoms with Crippen LogP contribution in [-0.4, -0.2) is 6.04 Å². The summed E-state index contributed by atoms with van der Waals surface area (Å²) in [6.45, 7) is 6.87. The maximum Gasteiger partial charge on any atom is 0.0354 e.